The number of aliphatic hydroxyl groups is 3. The highest BCUT2D eigenvalue weighted by molar-refractivity contribution is 6.30. The summed E-state index contributed by atoms with van der Waals surface area (Å²) in [6.45, 7) is 0.521. The fourth-order valence-corrected chi connectivity index (χ4v) is 3.82. The molecule has 0 aliphatic carbocycles. The number of halogens is 1. The van der Waals surface area contributed by atoms with Crippen LogP contribution in [0.4, 0.5) is 0 Å². The molecule has 1 aliphatic rings. The molecule has 0 amide bonds. The zero-order valence-corrected chi connectivity index (χ0v) is 18.5. The Kier molecular flexibility index (Phi) is 7.84. The Morgan fingerprint density at radius 2 is 1.81 bits per heavy atom. The third-order valence-electron chi connectivity index (χ3n) is 5.60. The molecule has 1 fully saturated rings. The van der Waals surface area contributed by atoms with Crippen LogP contribution in [0.15, 0.2) is 48.7 Å². The Morgan fingerprint density at radius 1 is 1.12 bits per heavy atom. The maximum absolute atomic E-state index is 11.4. The molecule has 9 nitrogen and oxygen atoms in total. The van der Waals surface area contributed by atoms with Crippen LogP contribution in [0.3, 0.4) is 0 Å². The van der Waals surface area contributed by atoms with E-state index in [2.05, 4.69) is 4.98 Å². The molecule has 6 atom stereocenters. The molecule has 1 unspecified atom stereocenters. The summed E-state index contributed by atoms with van der Waals surface area (Å²) in [5, 5.41) is 40.4. The van der Waals surface area contributed by atoms with Gasteiger partial charge in [0.1, 0.15) is 24.9 Å². The number of ether oxygens (including phenoxy) is 2. The van der Waals surface area contributed by atoms with Crippen LogP contribution in [-0.4, -0.2) is 93.8 Å². The molecule has 4 N–H and O–H groups in total. The van der Waals surface area contributed by atoms with Crippen molar-refractivity contribution >= 4 is 17.6 Å². The highest BCUT2D eigenvalue weighted by Gasteiger charge is 2.52. The lowest BCUT2D eigenvalue weighted by molar-refractivity contribution is -0.944. The Bertz CT molecular complexity index is 897. The number of carbonyl (C=O) groups is 1. The standard InChI is InChI=1S/C22H27ClN2O7/c1-25(2,21-18(28)16(26)17(27)20(32-21)22(29)30)11-12-31-19(15-5-3-4-10-24-15)13-6-8-14(23)9-7-13/h3-10,16-21,26-28H,11-12H2,1-2H3/p+1/t16-,17-,18+,19?,20-,21+/m0/s1. The summed E-state index contributed by atoms with van der Waals surface area (Å²) in [5.74, 6) is -1.41. The average Bonchev–Trinajstić information content (AvgIpc) is 2.76. The van der Waals surface area contributed by atoms with Gasteiger partial charge >= 0.3 is 5.97 Å². The average molecular weight is 468 g/mol. The fourth-order valence-electron chi connectivity index (χ4n) is 3.70. The van der Waals surface area contributed by atoms with Crippen molar-refractivity contribution in [3.63, 3.8) is 0 Å². The van der Waals surface area contributed by atoms with Crippen LogP contribution in [0.5, 0.6) is 0 Å². The van der Waals surface area contributed by atoms with Gasteiger partial charge in [-0.25, -0.2) is 4.79 Å². The van der Waals surface area contributed by atoms with E-state index in [0.29, 0.717) is 17.3 Å². The van der Waals surface area contributed by atoms with Crippen molar-refractivity contribution in [2.75, 3.05) is 27.2 Å². The second kappa shape index (κ2) is 10.2. The van der Waals surface area contributed by atoms with Crippen LogP contribution in [0.2, 0.25) is 5.02 Å². The number of hydrogen-bond donors (Lipinski definition) is 4. The molecule has 0 radical (unpaired) electrons. The topological polar surface area (TPSA) is 129 Å². The number of carboxylic acids is 1. The lowest BCUT2D eigenvalue weighted by Crippen LogP contribution is -2.68. The van der Waals surface area contributed by atoms with Gasteiger partial charge in [0.25, 0.3) is 0 Å². The molecule has 174 valence electrons. The zero-order valence-electron chi connectivity index (χ0n) is 17.8. The van der Waals surface area contributed by atoms with Gasteiger partial charge in [-0.3, -0.25) is 9.47 Å². The third-order valence-corrected chi connectivity index (χ3v) is 5.85. The summed E-state index contributed by atoms with van der Waals surface area (Å²) in [7, 11) is 3.44. The van der Waals surface area contributed by atoms with Gasteiger partial charge in [-0.15, -0.1) is 0 Å². The van der Waals surface area contributed by atoms with E-state index in [-0.39, 0.29) is 11.1 Å². The van der Waals surface area contributed by atoms with Crippen molar-refractivity contribution in [3.8, 4) is 0 Å². The van der Waals surface area contributed by atoms with Gasteiger partial charge in [0.15, 0.2) is 12.2 Å². The predicted octanol–water partition coefficient (Wildman–Crippen LogP) is 0.810. The van der Waals surface area contributed by atoms with Crippen molar-refractivity contribution in [2.24, 2.45) is 0 Å². The quantitative estimate of drug-likeness (QED) is 0.420. The SMILES string of the molecule is C[N+](C)(CCOC(c1ccc(Cl)cc1)c1ccccn1)[C@@H]1O[C@H](C(=O)O)[C@@H](O)[C@H](O)[C@H]1O. The van der Waals surface area contributed by atoms with Gasteiger partial charge in [-0.2, -0.15) is 0 Å². The lowest BCUT2D eigenvalue weighted by Gasteiger charge is -2.46. The molecule has 1 saturated heterocycles. The smallest absolute Gasteiger partial charge is 0.335 e. The molecular weight excluding hydrogens is 440 g/mol. The summed E-state index contributed by atoms with van der Waals surface area (Å²) in [5.41, 5.74) is 1.57. The minimum absolute atomic E-state index is 0.00964. The van der Waals surface area contributed by atoms with Crippen molar-refractivity contribution in [2.45, 2.75) is 36.7 Å². The van der Waals surface area contributed by atoms with E-state index >= 15 is 0 Å². The number of benzene rings is 1. The van der Waals surface area contributed by atoms with Gasteiger partial charge in [0, 0.05) is 11.2 Å². The molecular formula is C22H28ClN2O7+. The number of carboxylic acid groups (broad SMARTS) is 1. The van der Waals surface area contributed by atoms with Crippen LogP contribution in [0.25, 0.3) is 0 Å². The highest BCUT2D eigenvalue weighted by Crippen LogP contribution is 2.28. The number of hydrogen-bond acceptors (Lipinski definition) is 7. The van der Waals surface area contributed by atoms with Crippen LogP contribution in [-0.2, 0) is 14.3 Å². The second-order valence-electron chi connectivity index (χ2n) is 8.32. The minimum atomic E-state index is -1.73. The van der Waals surface area contributed by atoms with E-state index in [9.17, 15) is 25.2 Å². The molecule has 0 bridgehead atoms. The Balaban J connectivity index is 1.73. The molecule has 1 aliphatic heterocycles. The van der Waals surface area contributed by atoms with Crippen molar-refractivity contribution in [3.05, 3.63) is 64.9 Å². The molecule has 3 rings (SSSR count). The van der Waals surface area contributed by atoms with Crippen LogP contribution < -0.4 is 0 Å². The first kappa shape index (κ1) is 24.5. The number of quaternary nitrogens is 1. The van der Waals surface area contributed by atoms with Gasteiger partial charge in [0.05, 0.1) is 26.4 Å². The van der Waals surface area contributed by atoms with E-state index in [1.165, 1.54) is 0 Å². The van der Waals surface area contributed by atoms with Crippen molar-refractivity contribution in [1.29, 1.82) is 0 Å². The van der Waals surface area contributed by atoms with Gasteiger partial charge < -0.3 is 29.9 Å². The first-order valence-corrected chi connectivity index (χ1v) is 10.5. The van der Waals surface area contributed by atoms with Crippen LogP contribution in [0, 0.1) is 0 Å². The number of pyridine rings is 1. The first-order valence-electron chi connectivity index (χ1n) is 10.1. The van der Waals surface area contributed by atoms with Gasteiger partial charge in [-0.1, -0.05) is 29.8 Å². The van der Waals surface area contributed by atoms with E-state index in [1.807, 2.05) is 30.3 Å². The third kappa shape index (κ3) is 5.44. The molecule has 0 saturated carbocycles. The molecule has 2 heterocycles. The molecule has 32 heavy (non-hydrogen) atoms. The summed E-state index contributed by atoms with van der Waals surface area (Å²) in [4.78, 5) is 15.8. The predicted molar refractivity (Wildman–Crippen MR) is 115 cm³/mol. The van der Waals surface area contributed by atoms with Crippen LogP contribution >= 0.6 is 11.6 Å². The largest absolute Gasteiger partial charge is 0.479 e. The van der Waals surface area contributed by atoms with E-state index in [0.717, 1.165) is 5.56 Å². The minimum Gasteiger partial charge on any atom is -0.479 e. The number of aliphatic carboxylic acids is 1. The summed E-state index contributed by atoms with van der Waals surface area (Å²) < 4.78 is 11.6. The normalized spacial score (nSPS) is 27.1. The number of aromatic nitrogens is 1. The number of aliphatic hydroxyl groups excluding tert-OH is 3. The molecule has 0 spiro atoms. The number of nitrogens with zero attached hydrogens (tertiary/aromatic N) is 2. The van der Waals surface area contributed by atoms with Crippen molar-refractivity contribution in [1.82, 2.24) is 4.98 Å². The second-order valence-corrected chi connectivity index (χ2v) is 8.75. The fraction of sp³-hybridized carbons (Fsp3) is 0.455. The lowest BCUT2D eigenvalue weighted by atomic mass is 9.97. The Morgan fingerprint density at radius 3 is 2.41 bits per heavy atom. The first-order chi connectivity index (χ1) is 15.1. The number of likely N-dealkylation sites (N-methyl/N-ethyl adjacent to an activating group) is 1. The molecule has 2 aromatic rings. The highest BCUT2D eigenvalue weighted by atomic mass is 35.5. The summed E-state index contributed by atoms with van der Waals surface area (Å²) in [6, 6.07) is 12.8. The maximum Gasteiger partial charge on any atom is 0.335 e. The molecule has 1 aromatic carbocycles. The van der Waals surface area contributed by atoms with Crippen LogP contribution in [0.1, 0.15) is 17.4 Å². The van der Waals surface area contributed by atoms with E-state index in [1.54, 1.807) is 32.4 Å². The molecule has 10 heteroatoms. The molecule has 1 aromatic heterocycles. The van der Waals surface area contributed by atoms with E-state index in [4.69, 9.17) is 21.1 Å². The van der Waals surface area contributed by atoms with Gasteiger partial charge in [0.2, 0.25) is 6.23 Å². The zero-order chi connectivity index (χ0) is 23.5. The van der Waals surface area contributed by atoms with E-state index < -0.39 is 42.7 Å². The Labute approximate surface area is 191 Å². The number of rotatable bonds is 8. The van der Waals surface area contributed by atoms with Gasteiger partial charge in [-0.05, 0) is 29.8 Å². The van der Waals surface area contributed by atoms with Crippen molar-refractivity contribution < 1.29 is 39.2 Å². The summed E-state index contributed by atoms with van der Waals surface area (Å²) >= 11 is 6.01. The Hall–Kier alpha value is -2.11. The maximum atomic E-state index is 11.4. The monoisotopic (exact) mass is 467 g/mol. The summed E-state index contributed by atoms with van der Waals surface area (Å²) in [6.07, 6.45) is -6.37.